The number of hydrogen-bond acceptors (Lipinski definition) is 4. The predicted molar refractivity (Wildman–Crippen MR) is 181 cm³/mol. The Morgan fingerprint density at radius 3 is 2.24 bits per heavy atom. The summed E-state index contributed by atoms with van der Waals surface area (Å²) in [7, 11) is -4.37. The molecule has 0 saturated heterocycles. The van der Waals surface area contributed by atoms with E-state index in [1.807, 2.05) is 44.2 Å². The van der Waals surface area contributed by atoms with E-state index < -0.39 is 40.2 Å². The molecule has 4 aromatic rings. The van der Waals surface area contributed by atoms with Gasteiger partial charge in [0.25, 0.3) is 10.0 Å². The van der Waals surface area contributed by atoms with Gasteiger partial charge in [-0.05, 0) is 49.2 Å². The highest BCUT2D eigenvalue weighted by Gasteiger charge is 2.35. The predicted octanol–water partition coefficient (Wildman–Crippen LogP) is 7.19. The molecule has 4 rings (SSSR count). The molecular formula is C35H36Cl2FN3O4S. The van der Waals surface area contributed by atoms with Crippen molar-refractivity contribution in [2.75, 3.05) is 17.4 Å². The number of unbranched alkanes of at least 4 members (excludes halogenated alkanes) is 1. The van der Waals surface area contributed by atoms with Crippen molar-refractivity contribution in [1.82, 2.24) is 10.2 Å². The van der Waals surface area contributed by atoms with Crippen molar-refractivity contribution in [3.8, 4) is 0 Å². The largest absolute Gasteiger partial charge is 0.354 e. The number of amides is 2. The summed E-state index contributed by atoms with van der Waals surface area (Å²) in [6.07, 6.45) is 1.68. The van der Waals surface area contributed by atoms with Gasteiger partial charge in [0.2, 0.25) is 11.8 Å². The van der Waals surface area contributed by atoms with Crippen molar-refractivity contribution in [2.24, 2.45) is 0 Å². The number of nitrogens with one attached hydrogen (secondary N) is 1. The normalized spacial score (nSPS) is 11.9. The second-order valence-corrected chi connectivity index (χ2v) is 13.5. The van der Waals surface area contributed by atoms with Crippen molar-refractivity contribution in [3.05, 3.63) is 130 Å². The van der Waals surface area contributed by atoms with Crippen molar-refractivity contribution in [1.29, 1.82) is 0 Å². The van der Waals surface area contributed by atoms with Crippen molar-refractivity contribution in [2.45, 2.75) is 50.6 Å². The van der Waals surface area contributed by atoms with Crippen LogP contribution in [0.5, 0.6) is 0 Å². The highest BCUT2D eigenvalue weighted by Crippen LogP contribution is 2.35. The first-order valence-corrected chi connectivity index (χ1v) is 17.1. The molecule has 0 radical (unpaired) electrons. The van der Waals surface area contributed by atoms with E-state index >= 15 is 4.39 Å². The number of anilines is 1. The Morgan fingerprint density at radius 2 is 1.57 bits per heavy atom. The average Bonchev–Trinajstić information content (AvgIpc) is 3.04. The third-order valence-corrected chi connectivity index (χ3v) is 10.1. The van der Waals surface area contributed by atoms with Gasteiger partial charge in [0.15, 0.2) is 0 Å². The molecule has 0 saturated carbocycles. The molecule has 242 valence electrons. The number of halogens is 3. The SMILES string of the molecule is CCCCNC(=O)[C@H](Cc1ccccc1)N(Cc1ccccc1F)C(=O)CN(c1cccc(Cl)c1Cl)S(=O)(=O)c1ccc(C)cc1. The van der Waals surface area contributed by atoms with Crippen LogP contribution in [0.3, 0.4) is 0 Å². The van der Waals surface area contributed by atoms with Crippen LogP contribution < -0.4 is 9.62 Å². The highest BCUT2D eigenvalue weighted by molar-refractivity contribution is 7.92. The van der Waals surface area contributed by atoms with Gasteiger partial charge in [-0.1, -0.05) is 109 Å². The Morgan fingerprint density at radius 1 is 0.891 bits per heavy atom. The fourth-order valence-corrected chi connectivity index (χ4v) is 6.78. The van der Waals surface area contributed by atoms with Crippen LogP contribution in [0.25, 0.3) is 0 Å². The quantitative estimate of drug-likeness (QED) is 0.143. The highest BCUT2D eigenvalue weighted by atomic mass is 35.5. The molecule has 4 aromatic carbocycles. The number of benzene rings is 4. The first-order chi connectivity index (χ1) is 22.0. The maximum absolute atomic E-state index is 15.0. The summed E-state index contributed by atoms with van der Waals surface area (Å²) in [5.41, 5.74) is 1.77. The molecule has 0 unspecified atom stereocenters. The zero-order valence-corrected chi connectivity index (χ0v) is 28.0. The Bertz CT molecular complexity index is 1760. The first-order valence-electron chi connectivity index (χ1n) is 14.9. The third kappa shape index (κ3) is 8.66. The number of nitrogens with zero attached hydrogens (tertiary/aromatic N) is 2. The lowest BCUT2D eigenvalue weighted by Gasteiger charge is -2.34. The van der Waals surface area contributed by atoms with Gasteiger partial charge in [-0.25, -0.2) is 12.8 Å². The second-order valence-electron chi connectivity index (χ2n) is 10.9. The summed E-state index contributed by atoms with van der Waals surface area (Å²) in [4.78, 5) is 29.4. The molecule has 0 heterocycles. The van der Waals surface area contributed by atoms with Gasteiger partial charge in [-0.3, -0.25) is 13.9 Å². The lowest BCUT2D eigenvalue weighted by Crippen LogP contribution is -2.53. The number of sulfonamides is 1. The maximum Gasteiger partial charge on any atom is 0.264 e. The third-order valence-electron chi connectivity index (χ3n) is 7.49. The standard InChI is InChI=1S/C35H36Cl2FN3O4S/c1-3-4-21-39-35(43)32(22-26-11-6-5-7-12-26)40(23-27-13-8-9-15-30(27)38)33(42)24-41(31-16-10-14-29(36)34(31)37)46(44,45)28-19-17-25(2)18-20-28/h5-20,32H,3-4,21-24H2,1-2H3,(H,39,43)/t32-/m0/s1. The zero-order valence-electron chi connectivity index (χ0n) is 25.6. The smallest absolute Gasteiger partial charge is 0.264 e. The van der Waals surface area contributed by atoms with Crippen molar-refractivity contribution < 1.29 is 22.4 Å². The molecule has 0 aliphatic heterocycles. The fourth-order valence-electron chi connectivity index (χ4n) is 4.91. The van der Waals surface area contributed by atoms with Crippen molar-refractivity contribution in [3.63, 3.8) is 0 Å². The zero-order chi connectivity index (χ0) is 33.3. The van der Waals surface area contributed by atoms with Gasteiger partial charge in [0, 0.05) is 25.1 Å². The minimum atomic E-state index is -4.37. The molecule has 0 aromatic heterocycles. The van der Waals surface area contributed by atoms with E-state index in [9.17, 15) is 18.0 Å². The van der Waals surface area contributed by atoms with E-state index in [0.29, 0.717) is 6.54 Å². The molecule has 0 aliphatic rings. The maximum atomic E-state index is 15.0. The topological polar surface area (TPSA) is 86.8 Å². The molecule has 1 atom stereocenters. The number of hydrogen-bond donors (Lipinski definition) is 1. The van der Waals surface area contributed by atoms with Crippen LogP contribution >= 0.6 is 23.2 Å². The van der Waals surface area contributed by atoms with Crippen LogP contribution in [0.2, 0.25) is 10.0 Å². The minimum absolute atomic E-state index is 0.0130. The molecule has 0 fully saturated rings. The molecule has 7 nitrogen and oxygen atoms in total. The Labute approximate surface area is 280 Å². The van der Waals surface area contributed by atoms with Crippen LogP contribution in [0.4, 0.5) is 10.1 Å². The lowest BCUT2D eigenvalue weighted by molar-refractivity contribution is -0.140. The van der Waals surface area contributed by atoms with E-state index in [4.69, 9.17) is 23.2 Å². The summed E-state index contributed by atoms with van der Waals surface area (Å²) < 4.78 is 44.3. The van der Waals surface area contributed by atoms with Gasteiger partial charge >= 0.3 is 0 Å². The van der Waals surface area contributed by atoms with E-state index in [1.165, 1.54) is 53.4 Å². The van der Waals surface area contributed by atoms with Crippen LogP contribution in [0, 0.1) is 12.7 Å². The average molecular weight is 685 g/mol. The van der Waals surface area contributed by atoms with Gasteiger partial charge in [0.05, 0.1) is 20.6 Å². The number of rotatable bonds is 14. The van der Waals surface area contributed by atoms with Gasteiger partial charge in [-0.2, -0.15) is 0 Å². The van der Waals surface area contributed by atoms with Crippen molar-refractivity contribution >= 4 is 50.7 Å². The number of carbonyl (C=O) groups is 2. The minimum Gasteiger partial charge on any atom is -0.354 e. The fraction of sp³-hybridized carbons (Fsp3) is 0.257. The summed E-state index contributed by atoms with van der Waals surface area (Å²) in [5.74, 6) is -1.73. The molecule has 0 bridgehead atoms. The Kier molecular flexibility index (Phi) is 12.2. The number of aryl methyl sites for hydroxylation is 1. The van der Waals surface area contributed by atoms with Crippen LogP contribution in [-0.4, -0.2) is 44.3 Å². The first kappa shape index (κ1) is 34.9. The molecule has 0 aliphatic carbocycles. The summed E-state index contributed by atoms with van der Waals surface area (Å²) >= 11 is 12.8. The van der Waals surface area contributed by atoms with Gasteiger partial charge in [-0.15, -0.1) is 0 Å². The van der Waals surface area contributed by atoms with Crippen LogP contribution in [0.1, 0.15) is 36.5 Å². The van der Waals surface area contributed by atoms with Crippen LogP contribution in [0.15, 0.2) is 102 Å². The van der Waals surface area contributed by atoms with E-state index in [2.05, 4.69) is 5.32 Å². The molecular weight excluding hydrogens is 648 g/mol. The summed E-state index contributed by atoms with van der Waals surface area (Å²) in [5, 5.41) is 2.94. The molecule has 0 spiro atoms. The lowest BCUT2D eigenvalue weighted by atomic mass is 10.0. The second kappa shape index (κ2) is 16.1. The molecule has 11 heteroatoms. The molecule has 1 N–H and O–H groups in total. The summed E-state index contributed by atoms with van der Waals surface area (Å²) in [6, 6.07) is 24.7. The summed E-state index contributed by atoms with van der Waals surface area (Å²) in [6.45, 7) is 3.18. The Hall–Kier alpha value is -3.92. The number of carbonyl (C=O) groups excluding carboxylic acids is 2. The van der Waals surface area contributed by atoms with Crippen LogP contribution in [-0.2, 0) is 32.6 Å². The monoisotopic (exact) mass is 683 g/mol. The molecule has 46 heavy (non-hydrogen) atoms. The van der Waals surface area contributed by atoms with E-state index in [-0.39, 0.29) is 39.2 Å². The van der Waals surface area contributed by atoms with Gasteiger partial charge in [0.1, 0.15) is 18.4 Å². The molecule has 2 amide bonds. The van der Waals surface area contributed by atoms with Gasteiger partial charge < -0.3 is 10.2 Å². The van der Waals surface area contributed by atoms with E-state index in [1.54, 1.807) is 18.2 Å². The Balaban J connectivity index is 1.83. The van der Waals surface area contributed by atoms with E-state index in [0.717, 1.165) is 28.3 Å².